The lowest BCUT2D eigenvalue weighted by Crippen LogP contribution is -2.43. The summed E-state index contributed by atoms with van der Waals surface area (Å²) < 4.78 is 5.62. The van der Waals surface area contributed by atoms with E-state index in [1.807, 2.05) is 30.3 Å². The van der Waals surface area contributed by atoms with Crippen molar-refractivity contribution in [3.8, 4) is 0 Å². The average molecular weight is 357 g/mol. The molecule has 0 unspecified atom stereocenters. The molecule has 142 valence electrons. The molecule has 0 bridgehead atoms. The Balaban J connectivity index is 1.68. The number of allylic oxidation sites excluding steroid dienone is 2. The summed E-state index contributed by atoms with van der Waals surface area (Å²) in [6, 6.07) is 9.87. The SMILES string of the molecule is CO[C@H](C(=O)N(CCN1CCCC1)C[C@H]1CC=CCC1)c1ccccc1. The molecule has 26 heavy (non-hydrogen) atoms. The van der Waals surface area contributed by atoms with Gasteiger partial charge < -0.3 is 14.5 Å². The number of ether oxygens (including phenoxy) is 1. The maximum atomic E-state index is 13.3. The third-order valence-corrected chi connectivity index (χ3v) is 5.62. The Labute approximate surface area is 157 Å². The molecule has 2 aliphatic rings. The first-order valence-corrected chi connectivity index (χ1v) is 10.0. The number of benzene rings is 1. The molecule has 2 atom stereocenters. The van der Waals surface area contributed by atoms with Gasteiger partial charge in [-0.2, -0.15) is 0 Å². The van der Waals surface area contributed by atoms with Gasteiger partial charge in [0.25, 0.3) is 5.91 Å². The van der Waals surface area contributed by atoms with E-state index in [0.717, 1.165) is 38.0 Å². The lowest BCUT2D eigenvalue weighted by Gasteiger charge is -2.32. The molecule has 1 aliphatic heterocycles. The Morgan fingerprint density at radius 1 is 1.23 bits per heavy atom. The lowest BCUT2D eigenvalue weighted by atomic mass is 9.93. The largest absolute Gasteiger partial charge is 0.367 e. The maximum Gasteiger partial charge on any atom is 0.256 e. The molecule has 4 nitrogen and oxygen atoms in total. The fraction of sp³-hybridized carbons (Fsp3) is 0.591. The normalized spacial score (nSPS) is 21.7. The molecule has 1 aromatic carbocycles. The number of amides is 1. The van der Waals surface area contributed by atoms with Gasteiger partial charge in [-0.25, -0.2) is 0 Å². The number of hydrogen-bond donors (Lipinski definition) is 0. The molecule has 4 heteroatoms. The molecule has 3 rings (SSSR count). The molecule has 1 aromatic rings. The molecule has 1 aliphatic carbocycles. The summed E-state index contributed by atoms with van der Waals surface area (Å²) in [5, 5.41) is 0. The molecule has 0 radical (unpaired) electrons. The Morgan fingerprint density at radius 3 is 2.65 bits per heavy atom. The quantitative estimate of drug-likeness (QED) is 0.667. The van der Waals surface area contributed by atoms with E-state index in [2.05, 4.69) is 22.0 Å². The molecule has 1 heterocycles. The third kappa shape index (κ3) is 5.18. The van der Waals surface area contributed by atoms with Crippen LogP contribution in [0.5, 0.6) is 0 Å². The molecular weight excluding hydrogens is 324 g/mol. The third-order valence-electron chi connectivity index (χ3n) is 5.62. The van der Waals surface area contributed by atoms with Gasteiger partial charge in [0.1, 0.15) is 0 Å². The molecule has 1 fully saturated rings. The second-order valence-corrected chi connectivity index (χ2v) is 7.51. The smallest absolute Gasteiger partial charge is 0.256 e. The summed E-state index contributed by atoms with van der Waals surface area (Å²) in [4.78, 5) is 17.9. The van der Waals surface area contributed by atoms with Gasteiger partial charge in [-0.05, 0) is 56.7 Å². The Morgan fingerprint density at radius 2 is 2.00 bits per heavy atom. The van der Waals surface area contributed by atoms with Crippen molar-refractivity contribution >= 4 is 5.91 Å². The van der Waals surface area contributed by atoms with E-state index in [4.69, 9.17) is 4.74 Å². The zero-order chi connectivity index (χ0) is 18.2. The first-order chi connectivity index (χ1) is 12.8. The van der Waals surface area contributed by atoms with Crippen molar-refractivity contribution < 1.29 is 9.53 Å². The van der Waals surface area contributed by atoms with Crippen LogP contribution in [0.25, 0.3) is 0 Å². The molecular formula is C22H32N2O2. The fourth-order valence-electron chi connectivity index (χ4n) is 4.07. The highest BCUT2D eigenvalue weighted by molar-refractivity contribution is 5.82. The monoisotopic (exact) mass is 356 g/mol. The van der Waals surface area contributed by atoms with Crippen LogP contribution >= 0.6 is 0 Å². The zero-order valence-corrected chi connectivity index (χ0v) is 16.0. The van der Waals surface area contributed by atoms with E-state index in [1.54, 1.807) is 7.11 Å². The fourth-order valence-corrected chi connectivity index (χ4v) is 4.07. The summed E-state index contributed by atoms with van der Waals surface area (Å²) in [6.45, 7) is 4.94. The molecule has 1 saturated heterocycles. The Bertz CT molecular complexity index is 581. The minimum atomic E-state index is -0.506. The van der Waals surface area contributed by atoms with Crippen LogP contribution < -0.4 is 0 Å². The van der Waals surface area contributed by atoms with E-state index < -0.39 is 6.10 Å². The van der Waals surface area contributed by atoms with Crippen molar-refractivity contribution in [2.24, 2.45) is 5.92 Å². The summed E-state index contributed by atoms with van der Waals surface area (Å²) in [5.74, 6) is 0.670. The molecule has 0 spiro atoms. The predicted molar refractivity (Wildman–Crippen MR) is 105 cm³/mol. The van der Waals surface area contributed by atoms with Crippen molar-refractivity contribution in [2.45, 2.75) is 38.2 Å². The second kappa shape index (κ2) is 9.89. The van der Waals surface area contributed by atoms with Crippen molar-refractivity contribution in [2.75, 3.05) is 39.8 Å². The van der Waals surface area contributed by atoms with E-state index >= 15 is 0 Å². The van der Waals surface area contributed by atoms with Gasteiger partial charge in [-0.1, -0.05) is 42.5 Å². The minimum absolute atomic E-state index is 0.104. The average Bonchev–Trinajstić information content (AvgIpc) is 3.21. The van der Waals surface area contributed by atoms with E-state index in [9.17, 15) is 4.79 Å². The lowest BCUT2D eigenvalue weighted by molar-refractivity contribution is -0.143. The Kier molecular flexibility index (Phi) is 7.27. The van der Waals surface area contributed by atoms with Gasteiger partial charge in [-0.3, -0.25) is 4.79 Å². The van der Waals surface area contributed by atoms with Crippen LogP contribution in [-0.4, -0.2) is 55.5 Å². The van der Waals surface area contributed by atoms with Crippen LogP contribution in [0.4, 0.5) is 0 Å². The van der Waals surface area contributed by atoms with Crippen LogP contribution in [0.15, 0.2) is 42.5 Å². The summed E-state index contributed by atoms with van der Waals surface area (Å²) in [7, 11) is 1.64. The maximum absolute atomic E-state index is 13.3. The highest BCUT2D eigenvalue weighted by Gasteiger charge is 2.28. The number of methoxy groups -OCH3 is 1. The number of hydrogen-bond acceptors (Lipinski definition) is 3. The van der Waals surface area contributed by atoms with E-state index in [0.29, 0.717) is 5.92 Å². The molecule has 0 saturated carbocycles. The van der Waals surface area contributed by atoms with E-state index in [-0.39, 0.29) is 5.91 Å². The van der Waals surface area contributed by atoms with Crippen LogP contribution in [0.2, 0.25) is 0 Å². The van der Waals surface area contributed by atoms with Gasteiger partial charge >= 0.3 is 0 Å². The molecule has 0 N–H and O–H groups in total. The molecule has 0 aromatic heterocycles. The molecule has 1 amide bonds. The van der Waals surface area contributed by atoms with Crippen LogP contribution in [0.1, 0.15) is 43.8 Å². The number of nitrogens with zero attached hydrogens (tertiary/aromatic N) is 2. The van der Waals surface area contributed by atoms with Gasteiger partial charge in [0.15, 0.2) is 6.10 Å². The standard InChI is InChI=1S/C22H32N2O2/c1-26-21(20-12-6-3-7-13-20)22(25)24(17-16-23-14-8-9-15-23)18-19-10-4-2-5-11-19/h2-4,6-7,12-13,19,21H,5,8-11,14-18H2,1H3/t19-,21-/m0/s1. The minimum Gasteiger partial charge on any atom is -0.367 e. The van der Waals surface area contributed by atoms with Crippen molar-refractivity contribution in [3.63, 3.8) is 0 Å². The van der Waals surface area contributed by atoms with Gasteiger partial charge in [-0.15, -0.1) is 0 Å². The van der Waals surface area contributed by atoms with Crippen molar-refractivity contribution in [3.05, 3.63) is 48.0 Å². The van der Waals surface area contributed by atoms with Crippen molar-refractivity contribution in [1.29, 1.82) is 0 Å². The predicted octanol–water partition coefficient (Wildman–Crippen LogP) is 3.65. The summed E-state index contributed by atoms with van der Waals surface area (Å²) >= 11 is 0. The first-order valence-electron chi connectivity index (χ1n) is 10.0. The number of rotatable bonds is 8. The second-order valence-electron chi connectivity index (χ2n) is 7.51. The van der Waals surface area contributed by atoms with Crippen molar-refractivity contribution in [1.82, 2.24) is 9.80 Å². The highest BCUT2D eigenvalue weighted by Crippen LogP contribution is 2.24. The first kappa shape index (κ1) is 19.1. The number of likely N-dealkylation sites (tertiary alicyclic amines) is 1. The van der Waals surface area contributed by atoms with Gasteiger partial charge in [0.05, 0.1) is 0 Å². The number of carbonyl (C=O) groups is 1. The summed E-state index contributed by atoms with van der Waals surface area (Å²) in [5.41, 5.74) is 0.940. The van der Waals surface area contributed by atoms with E-state index in [1.165, 1.54) is 32.4 Å². The summed E-state index contributed by atoms with van der Waals surface area (Å²) in [6.07, 6.45) is 9.97. The van der Waals surface area contributed by atoms with Crippen LogP contribution in [0, 0.1) is 5.92 Å². The highest BCUT2D eigenvalue weighted by atomic mass is 16.5. The topological polar surface area (TPSA) is 32.8 Å². The van der Waals surface area contributed by atoms with Crippen LogP contribution in [-0.2, 0) is 9.53 Å². The van der Waals surface area contributed by atoms with Gasteiger partial charge in [0.2, 0.25) is 0 Å². The zero-order valence-electron chi connectivity index (χ0n) is 16.0. The van der Waals surface area contributed by atoms with Crippen LogP contribution in [0.3, 0.4) is 0 Å². The van der Waals surface area contributed by atoms with Gasteiger partial charge in [0, 0.05) is 26.7 Å². The number of carbonyl (C=O) groups excluding carboxylic acids is 1. The Hall–Kier alpha value is -1.65.